The normalized spacial score (nSPS) is 11.1. The number of benzene rings is 1. The minimum absolute atomic E-state index is 0.0587. The van der Waals surface area contributed by atoms with E-state index < -0.39 is 5.97 Å². The number of nitrogens with zero attached hydrogens (tertiary/aromatic N) is 3. The number of carboxylic acid groups (broad SMARTS) is 1. The first kappa shape index (κ1) is 11.4. The van der Waals surface area contributed by atoms with Crippen LogP contribution in [0.4, 0.5) is 4.39 Å². The van der Waals surface area contributed by atoms with Gasteiger partial charge in [-0.1, -0.05) is 0 Å². The molecule has 0 amide bonds. The standard InChI is InChI=1S/C12H9FN4O2/c1-6-8(13)2-3-9-10(6)16-12(15-9)17-5-7(4-14-17)11(18)19/h2-5H,1H3,(H,15,16)(H,18,19). The van der Waals surface area contributed by atoms with Crippen LogP contribution in [0.3, 0.4) is 0 Å². The van der Waals surface area contributed by atoms with Crippen molar-refractivity contribution in [2.24, 2.45) is 0 Å². The molecular formula is C12H9FN4O2. The molecule has 3 rings (SSSR count). The van der Waals surface area contributed by atoms with Crippen molar-refractivity contribution in [1.29, 1.82) is 0 Å². The number of rotatable bonds is 2. The molecule has 7 heteroatoms. The van der Waals surface area contributed by atoms with E-state index in [4.69, 9.17) is 5.11 Å². The van der Waals surface area contributed by atoms with Crippen LogP contribution in [0.1, 0.15) is 15.9 Å². The van der Waals surface area contributed by atoms with E-state index >= 15 is 0 Å². The SMILES string of the molecule is Cc1c(F)ccc2[nH]c(-n3cc(C(=O)O)cn3)nc12. The predicted molar refractivity (Wildman–Crippen MR) is 64.9 cm³/mol. The summed E-state index contributed by atoms with van der Waals surface area (Å²) in [6.45, 7) is 1.63. The number of hydrogen-bond donors (Lipinski definition) is 2. The molecule has 2 N–H and O–H groups in total. The molecule has 2 aromatic heterocycles. The Morgan fingerprint density at radius 2 is 2.26 bits per heavy atom. The minimum Gasteiger partial charge on any atom is -0.478 e. The Hall–Kier alpha value is -2.70. The second-order valence-corrected chi connectivity index (χ2v) is 4.11. The third-order valence-electron chi connectivity index (χ3n) is 2.88. The highest BCUT2D eigenvalue weighted by Gasteiger charge is 2.12. The zero-order valence-corrected chi connectivity index (χ0v) is 9.88. The van der Waals surface area contributed by atoms with Gasteiger partial charge in [0.1, 0.15) is 5.82 Å². The average molecular weight is 260 g/mol. The summed E-state index contributed by atoms with van der Waals surface area (Å²) in [5.41, 5.74) is 1.66. The zero-order chi connectivity index (χ0) is 13.6. The molecule has 0 atom stereocenters. The van der Waals surface area contributed by atoms with E-state index in [1.807, 2.05) is 0 Å². The van der Waals surface area contributed by atoms with Gasteiger partial charge in [-0.15, -0.1) is 0 Å². The predicted octanol–water partition coefficient (Wildman–Crippen LogP) is 1.89. The lowest BCUT2D eigenvalue weighted by atomic mass is 10.2. The van der Waals surface area contributed by atoms with Gasteiger partial charge >= 0.3 is 5.97 Å². The number of fused-ring (bicyclic) bond motifs is 1. The van der Waals surface area contributed by atoms with Gasteiger partial charge in [0.15, 0.2) is 0 Å². The number of aromatic amines is 1. The smallest absolute Gasteiger partial charge is 0.338 e. The minimum atomic E-state index is -1.07. The fraction of sp³-hybridized carbons (Fsp3) is 0.0833. The summed E-state index contributed by atoms with van der Waals surface area (Å²) in [6, 6.07) is 2.93. The van der Waals surface area contributed by atoms with Gasteiger partial charge in [-0.2, -0.15) is 5.10 Å². The monoisotopic (exact) mass is 260 g/mol. The highest BCUT2D eigenvalue weighted by molar-refractivity contribution is 5.87. The molecule has 0 aliphatic carbocycles. The van der Waals surface area contributed by atoms with E-state index in [2.05, 4.69) is 15.1 Å². The molecule has 0 aliphatic heterocycles. The third-order valence-corrected chi connectivity index (χ3v) is 2.88. The highest BCUT2D eigenvalue weighted by Crippen LogP contribution is 2.20. The number of nitrogens with one attached hydrogen (secondary N) is 1. The summed E-state index contributed by atoms with van der Waals surface area (Å²) >= 11 is 0. The number of aromatic carboxylic acids is 1. The first-order valence-electron chi connectivity index (χ1n) is 5.49. The van der Waals surface area contributed by atoms with Gasteiger partial charge in [0.05, 0.1) is 22.8 Å². The van der Waals surface area contributed by atoms with Gasteiger partial charge in [0.2, 0.25) is 5.95 Å². The zero-order valence-electron chi connectivity index (χ0n) is 9.88. The molecule has 3 aromatic rings. The highest BCUT2D eigenvalue weighted by atomic mass is 19.1. The Balaban J connectivity index is 2.15. The lowest BCUT2D eigenvalue weighted by molar-refractivity contribution is 0.0697. The molecule has 1 aromatic carbocycles. The number of aryl methyl sites for hydroxylation is 1. The molecule has 0 radical (unpaired) electrons. The van der Waals surface area contributed by atoms with Gasteiger partial charge in [-0.05, 0) is 19.1 Å². The van der Waals surface area contributed by atoms with Crippen molar-refractivity contribution in [3.8, 4) is 5.95 Å². The lowest BCUT2D eigenvalue weighted by Crippen LogP contribution is -1.97. The van der Waals surface area contributed by atoms with E-state index in [0.717, 1.165) is 0 Å². The molecule has 0 fully saturated rings. The summed E-state index contributed by atoms with van der Waals surface area (Å²) in [5, 5.41) is 12.7. The van der Waals surface area contributed by atoms with Crippen LogP contribution < -0.4 is 0 Å². The van der Waals surface area contributed by atoms with Crippen molar-refractivity contribution in [2.45, 2.75) is 6.92 Å². The molecule has 6 nitrogen and oxygen atoms in total. The van der Waals surface area contributed by atoms with Gasteiger partial charge < -0.3 is 10.1 Å². The Bertz CT molecular complexity index is 790. The van der Waals surface area contributed by atoms with Crippen LogP contribution in [0.15, 0.2) is 24.5 Å². The van der Waals surface area contributed by atoms with Crippen LogP contribution in [0, 0.1) is 12.7 Å². The molecule has 0 bridgehead atoms. The first-order chi connectivity index (χ1) is 9.06. The second-order valence-electron chi connectivity index (χ2n) is 4.11. The maximum atomic E-state index is 13.4. The van der Waals surface area contributed by atoms with E-state index in [-0.39, 0.29) is 11.4 Å². The fourth-order valence-corrected chi connectivity index (χ4v) is 1.83. The van der Waals surface area contributed by atoms with Crippen LogP contribution >= 0.6 is 0 Å². The number of halogens is 1. The van der Waals surface area contributed by atoms with Crippen molar-refractivity contribution >= 4 is 17.0 Å². The van der Waals surface area contributed by atoms with Crippen LogP contribution in [0.25, 0.3) is 17.0 Å². The number of carboxylic acids is 1. The van der Waals surface area contributed by atoms with Gasteiger partial charge in [-0.25, -0.2) is 18.9 Å². The van der Waals surface area contributed by atoms with Crippen molar-refractivity contribution in [1.82, 2.24) is 19.7 Å². The Kier molecular flexibility index (Phi) is 2.34. The van der Waals surface area contributed by atoms with Gasteiger partial charge in [0.25, 0.3) is 0 Å². The maximum absolute atomic E-state index is 13.4. The van der Waals surface area contributed by atoms with E-state index in [1.165, 1.54) is 23.1 Å². The van der Waals surface area contributed by atoms with Crippen LogP contribution in [-0.4, -0.2) is 30.8 Å². The van der Waals surface area contributed by atoms with Crippen molar-refractivity contribution in [2.75, 3.05) is 0 Å². The molecule has 0 saturated carbocycles. The van der Waals surface area contributed by atoms with Crippen LogP contribution in [0.2, 0.25) is 0 Å². The Morgan fingerprint density at radius 1 is 1.47 bits per heavy atom. The molecule has 19 heavy (non-hydrogen) atoms. The molecule has 96 valence electrons. The number of hydrogen-bond acceptors (Lipinski definition) is 3. The topological polar surface area (TPSA) is 83.8 Å². The average Bonchev–Trinajstić information content (AvgIpc) is 2.99. The molecule has 0 spiro atoms. The Labute approximate surface area is 106 Å². The summed E-state index contributed by atoms with van der Waals surface area (Å²) in [5.74, 6) is -1.06. The third kappa shape index (κ3) is 1.75. The molecule has 0 aliphatic rings. The van der Waals surface area contributed by atoms with Gasteiger partial charge in [0, 0.05) is 11.8 Å². The second kappa shape index (κ2) is 3.91. The van der Waals surface area contributed by atoms with Crippen LogP contribution in [0.5, 0.6) is 0 Å². The van der Waals surface area contributed by atoms with Crippen molar-refractivity contribution in [3.63, 3.8) is 0 Å². The van der Waals surface area contributed by atoms with Crippen molar-refractivity contribution < 1.29 is 14.3 Å². The van der Waals surface area contributed by atoms with Gasteiger partial charge in [-0.3, -0.25) is 0 Å². The fourth-order valence-electron chi connectivity index (χ4n) is 1.83. The number of imidazole rings is 1. The summed E-state index contributed by atoms with van der Waals surface area (Å²) < 4.78 is 14.7. The first-order valence-corrected chi connectivity index (χ1v) is 5.49. The summed E-state index contributed by atoms with van der Waals surface area (Å²) in [7, 11) is 0. The van der Waals surface area contributed by atoms with E-state index in [9.17, 15) is 9.18 Å². The van der Waals surface area contributed by atoms with E-state index in [0.29, 0.717) is 22.5 Å². The molecule has 0 unspecified atom stereocenters. The number of carbonyl (C=O) groups is 1. The quantitative estimate of drug-likeness (QED) is 0.737. The maximum Gasteiger partial charge on any atom is 0.338 e. The van der Waals surface area contributed by atoms with Crippen molar-refractivity contribution in [3.05, 3.63) is 41.5 Å². The molecule has 0 saturated heterocycles. The molecular weight excluding hydrogens is 251 g/mol. The largest absolute Gasteiger partial charge is 0.478 e. The lowest BCUT2D eigenvalue weighted by Gasteiger charge is -1.94. The van der Waals surface area contributed by atoms with Crippen LogP contribution in [-0.2, 0) is 0 Å². The summed E-state index contributed by atoms with van der Waals surface area (Å²) in [4.78, 5) is 18.0. The van der Waals surface area contributed by atoms with E-state index in [1.54, 1.807) is 13.0 Å². The number of aromatic nitrogens is 4. The summed E-state index contributed by atoms with van der Waals surface area (Å²) in [6.07, 6.45) is 2.56. The number of H-pyrrole nitrogens is 1. The Morgan fingerprint density at radius 3 is 2.95 bits per heavy atom. The molecule has 2 heterocycles.